The van der Waals surface area contributed by atoms with Gasteiger partial charge in [-0.25, -0.2) is 9.78 Å². The molecule has 9 heteroatoms. The smallest absolute Gasteiger partial charge is 0.339 e. The summed E-state index contributed by atoms with van der Waals surface area (Å²) in [6.45, 7) is -0.472. The van der Waals surface area contributed by atoms with Crippen molar-refractivity contribution < 1.29 is 14.3 Å². The Bertz CT molecular complexity index is 1580. The quantitative estimate of drug-likeness (QED) is 0.245. The number of hydrogen-bond donors (Lipinski definition) is 1. The Labute approximate surface area is 233 Å². The molecule has 0 aliphatic heterocycles. The van der Waals surface area contributed by atoms with Crippen molar-refractivity contribution in [2.45, 2.75) is 12.8 Å². The van der Waals surface area contributed by atoms with E-state index in [2.05, 4.69) is 5.32 Å². The third-order valence-electron chi connectivity index (χ3n) is 5.91. The van der Waals surface area contributed by atoms with E-state index in [1.165, 1.54) is 0 Å². The minimum absolute atomic E-state index is 0.378. The zero-order chi connectivity index (χ0) is 26.1. The van der Waals surface area contributed by atoms with Gasteiger partial charge >= 0.3 is 5.97 Å². The number of benzene rings is 3. The largest absolute Gasteiger partial charge is 0.452 e. The fraction of sp³-hybridized carbons (Fsp3) is 0.107. The van der Waals surface area contributed by atoms with Crippen LogP contribution in [0.5, 0.6) is 0 Å². The molecular weight excluding hydrogens is 554 g/mol. The topological polar surface area (TPSA) is 68.3 Å². The molecule has 0 saturated heterocycles. The van der Waals surface area contributed by atoms with Crippen molar-refractivity contribution in [3.8, 4) is 0 Å². The van der Waals surface area contributed by atoms with Crippen molar-refractivity contribution in [2.24, 2.45) is 0 Å². The number of nitrogens with zero attached hydrogens (tertiary/aromatic N) is 1. The molecule has 0 bridgehead atoms. The molecule has 1 heterocycles. The number of pyridine rings is 1. The molecule has 1 N–H and O–H groups in total. The Morgan fingerprint density at radius 3 is 2.43 bits per heavy atom. The minimum atomic E-state index is -0.593. The first kappa shape index (κ1) is 25.6. The molecule has 0 spiro atoms. The summed E-state index contributed by atoms with van der Waals surface area (Å²) in [5, 5.41) is 5.00. The number of fused-ring (bicyclic) bond motifs is 2. The minimum Gasteiger partial charge on any atom is -0.452 e. The molecule has 0 radical (unpaired) electrons. The molecule has 4 aromatic rings. The zero-order valence-electron chi connectivity index (χ0n) is 19.2. The van der Waals surface area contributed by atoms with E-state index in [0.29, 0.717) is 55.1 Å². The summed E-state index contributed by atoms with van der Waals surface area (Å²) in [6.07, 6.45) is 3.29. The number of carbonyl (C=O) groups is 2. The first-order valence-corrected chi connectivity index (χ1v) is 12.8. The molecule has 1 aromatic heterocycles. The SMILES string of the molecule is O=C(COC(=O)c1c2c(nc3ccccc13)/C(=C/c1ccc(Cl)c(Cl)c1)CC2)Nc1cc(Cl)cc(Cl)c1. The molecule has 1 aliphatic carbocycles. The zero-order valence-corrected chi connectivity index (χ0v) is 22.2. The summed E-state index contributed by atoms with van der Waals surface area (Å²) in [7, 11) is 0. The number of nitrogens with one attached hydrogen (secondary N) is 1. The van der Waals surface area contributed by atoms with Crippen LogP contribution in [0.3, 0.4) is 0 Å². The van der Waals surface area contributed by atoms with Gasteiger partial charge < -0.3 is 10.1 Å². The van der Waals surface area contributed by atoms with Gasteiger partial charge in [0.05, 0.1) is 26.8 Å². The number of carbonyl (C=O) groups excluding carboxylic acids is 2. The standard InChI is InChI=1S/C28H18Cl4N2O3/c29-17-11-18(30)13-19(12-17)33-25(35)14-37-28(36)26-20-3-1-2-4-24(20)34-27-16(6-7-21(26)27)9-15-5-8-22(31)23(32)10-15/h1-5,8-13H,6-7,14H2,(H,33,35)/b16-9+. The third kappa shape index (κ3) is 5.60. The summed E-state index contributed by atoms with van der Waals surface area (Å²) in [6, 6.07) is 17.4. The van der Waals surface area contributed by atoms with E-state index in [1.807, 2.05) is 36.4 Å². The molecule has 37 heavy (non-hydrogen) atoms. The number of para-hydroxylation sites is 1. The van der Waals surface area contributed by atoms with Crippen molar-refractivity contribution in [3.63, 3.8) is 0 Å². The number of ether oxygens (including phenoxy) is 1. The van der Waals surface area contributed by atoms with Crippen LogP contribution in [0.1, 0.15) is 33.6 Å². The van der Waals surface area contributed by atoms with Crippen LogP contribution >= 0.6 is 46.4 Å². The van der Waals surface area contributed by atoms with Crippen molar-refractivity contribution in [1.29, 1.82) is 0 Å². The van der Waals surface area contributed by atoms with Crippen LogP contribution in [0, 0.1) is 0 Å². The molecular formula is C28H18Cl4N2O3. The molecule has 0 atom stereocenters. The summed E-state index contributed by atoms with van der Waals surface area (Å²) < 4.78 is 5.44. The van der Waals surface area contributed by atoms with Crippen molar-refractivity contribution in [1.82, 2.24) is 4.98 Å². The van der Waals surface area contributed by atoms with Crippen molar-refractivity contribution in [3.05, 3.63) is 103 Å². The van der Waals surface area contributed by atoms with Crippen LogP contribution in [-0.2, 0) is 16.0 Å². The molecule has 1 aliphatic rings. The van der Waals surface area contributed by atoms with E-state index in [9.17, 15) is 9.59 Å². The molecule has 3 aromatic carbocycles. The molecule has 0 saturated carbocycles. The maximum Gasteiger partial charge on any atom is 0.339 e. The van der Waals surface area contributed by atoms with Gasteiger partial charge in [-0.3, -0.25) is 4.79 Å². The Morgan fingerprint density at radius 1 is 0.919 bits per heavy atom. The molecule has 1 amide bonds. The van der Waals surface area contributed by atoms with Gasteiger partial charge in [0.1, 0.15) is 0 Å². The van der Waals surface area contributed by atoms with Crippen LogP contribution in [0.15, 0.2) is 60.7 Å². The predicted molar refractivity (Wildman–Crippen MR) is 150 cm³/mol. The highest BCUT2D eigenvalue weighted by molar-refractivity contribution is 6.42. The van der Waals surface area contributed by atoms with Crippen LogP contribution in [-0.4, -0.2) is 23.5 Å². The lowest BCUT2D eigenvalue weighted by atomic mass is 10.0. The second-order valence-electron chi connectivity index (χ2n) is 8.46. The predicted octanol–water partition coefficient (Wildman–Crippen LogP) is 8.13. The van der Waals surface area contributed by atoms with Crippen molar-refractivity contribution >= 4 is 86.5 Å². The third-order valence-corrected chi connectivity index (χ3v) is 7.09. The Balaban J connectivity index is 1.43. The lowest BCUT2D eigenvalue weighted by molar-refractivity contribution is -0.119. The van der Waals surface area contributed by atoms with Gasteiger partial charge in [0.2, 0.25) is 0 Å². The van der Waals surface area contributed by atoms with E-state index in [-0.39, 0.29) is 0 Å². The monoisotopic (exact) mass is 570 g/mol. The number of rotatable bonds is 5. The first-order chi connectivity index (χ1) is 17.8. The summed E-state index contributed by atoms with van der Waals surface area (Å²) in [4.78, 5) is 30.6. The number of allylic oxidation sites excluding steroid dienone is 1. The normalized spacial score (nSPS) is 13.6. The van der Waals surface area contributed by atoms with Crippen LogP contribution in [0.2, 0.25) is 20.1 Å². The summed E-state index contributed by atoms with van der Waals surface area (Å²) in [5.41, 5.74) is 4.86. The van der Waals surface area contributed by atoms with E-state index in [4.69, 9.17) is 56.1 Å². The number of amides is 1. The molecule has 5 nitrogen and oxygen atoms in total. The average molecular weight is 572 g/mol. The second kappa shape index (κ2) is 10.7. The van der Waals surface area contributed by atoms with E-state index >= 15 is 0 Å². The molecule has 0 unspecified atom stereocenters. The summed E-state index contributed by atoms with van der Waals surface area (Å²) >= 11 is 24.2. The van der Waals surface area contributed by atoms with Crippen LogP contribution < -0.4 is 5.32 Å². The number of esters is 1. The van der Waals surface area contributed by atoms with Crippen molar-refractivity contribution in [2.75, 3.05) is 11.9 Å². The Kier molecular flexibility index (Phi) is 7.40. The first-order valence-electron chi connectivity index (χ1n) is 11.3. The molecule has 5 rings (SSSR count). The van der Waals surface area contributed by atoms with Gasteiger partial charge in [0.15, 0.2) is 6.61 Å². The highest BCUT2D eigenvalue weighted by Crippen LogP contribution is 2.38. The van der Waals surface area contributed by atoms with E-state index in [1.54, 1.807) is 30.3 Å². The summed E-state index contributed by atoms with van der Waals surface area (Å²) in [5.74, 6) is -1.10. The lowest BCUT2D eigenvalue weighted by Gasteiger charge is -2.13. The molecule has 0 fully saturated rings. The number of anilines is 1. The number of aromatic nitrogens is 1. The number of hydrogen-bond acceptors (Lipinski definition) is 4. The average Bonchev–Trinajstić information content (AvgIpc) is 3.24. The van der Waals surface area contributed by atoms with E-state index < -0.39 is 18.5 Å². The Morgan fingerprint density at radius 2 is 1.68 bits per heavy atom. The maximum absolute atomic E-state index is 13.3. The molecule has 186 valence electrons. The van der Waals surface area contributed by atoms with Gasteiger partial charge in [-0.1, -0.05) is 70.7 Å². The van der Waals surface area contributed by atoms with E-state index in [0.717, 1.165) is 22.4 Å². The fourth-order valence-corrected chi connectivity index (χ4v) is 5.17. The van der Waals surface area contributed by atoms with Crippen LogP contribution in [0.4, 0.5) is 5.69 Å². The highest BCUT2D eigenvalue weighted by Gasteiger charge is 2.28. The van der Waals surface area contributed by atoms with Gasteiger partial charge in [-0.2, -0.15) is 0 Å². The van der Waals surface area contributed by atoms with Gasteiger partial charge in [0.25, 0.3) is 5.91 Å². The van der Waals surface area contributed by atoms with Gasteiger partial charge in [-0.05, 0) is 72.0 Å². The second-order valence-corrected chi connectivity index (χ2v) is 10.1. The number of halogens is 4. The van der Waals surface area contributed by atoms with Gasteiger partial charge in [0, 0.05) is 21.1 Å². The Hall–Kier alpha value is -3.09. The highest BCUT2D eigenvalue weighted by atomic mass is 35.5. The maximum atomic E-state index is 13.3. The van der Waals surface area contributed by atoms with Gasteiger partial charge in [-0.15, -0.1) is 0 Å². The lowest BCUT2D eigenvalue weighted by Crippen LogP contribution is -2.21. The fourth-order valence-electron chi connectivity index (χ4n) is 4.34. The van der Waals surface area contributed by atoms with Crippen LogP contribution in [0.25, 0.3) is 22.6 Å².